The Bertz CT molecular complexity index is 189. The molecule has 0 aromatic carbocycles. The van der Waals surface area contributed by atoms with Crippen LogP contribution < -0.4 is 0 Å². The zero-order chi connectivity index (χ0) is 13.1. The summed E-state index contributed by atoms with van der Waals surface area (Å²) >= 11 is 5.67. The fraction of sp³-hybridized carbons (Fsp3) is 1.00. The molecule has 0 saturated carbocycles. The average Bonchev–Trinajstić information content (AvgIpc) is 2.42. The van der Waals surface area contributed by atoms with Gasteiger partial charge < -0.3 is 4.90 Å². The highest BCUT2D eigenvalue weighted by atomic mass is 79.9. The summed E-state index contributed by atoms with van der Waals surface area (Å²) in [5.74, 6) is 1.35. The summed E-state index contributed by atoms with van der Waals surface area (Å²) in [5, 5.41) is 2.08. The van der Waals surface area contributed by atoms with Crippen molar-refractivity contribution in [2.24, 2.45) is 0 Å². The summed E-state index contributed by atoms with van der Waals surface area (Å²) in [6, 6.07) is 0. The van der Waals surface area contributed by atoms with E-state index in [1.54, 1.807) is 0 Å². The SMILES string of the molecule is CCC1CN(CCCCCCCCCBr)CCS1. The molecule has 1 unspecified atom stereocenters. The highest BCUT2D eigenvalue weighted by molar-refractivity contribution is 9.09. The summed E-state index contributed by atoms with van der Waals surface area (Å²) in [4.78, 5) is 2.69. The van der Waals surface area contributed by atoms with Crippen LogP contribution in [0.1, 0.15) is 58.3 Å². The van der Waals surface area contributed by atoms with Crippen molar-refractivity contribution < 1.29 is 0 Å². The van der Waals surface area contributed by atoms with E-state index < -0.39 is 0 Å². The molecule has 1 rings (SSSR count). The minimum Gasteiger partial charge on any atom is -0.301 e. The lowest BCUT2D eigenvalue weighted by atomic mass is 10.1. The maximum Gasteiger partial charge on any atom is 0.0172 e. The first-order valence-electron chi connectivity index (χ1n) is 7.76. The Morgan fingerprint density at radius 2 is 1.72 bits per heavy atom. The van der Waals surface area contributed by atoms with E-state index >= 15 is 0 Å². The van der Waals surface area contributed by atoms with Gasteiger partial charge in [-0.05, 0) is 25.8 Å². The van der Waals surface area contributed by atoms with Gasteiger partial charge in [0, 0.05) is 29.4 Å². The number of rotatable bonds is 10. The second-order valence-electron chi connectivity index (χ2n) is 5.37. The Hall–Kier alpha value is 0.790. The first kappa shape index (κ1) is 16.8. The van der Waals surface area contributed by atoms with Gasteiger partial charge in [-0.2, -0.15) is 11.8 Å². The molecule has 1 atom stereocenters. The van der Waals surface area contributed by atoms with E-state index in [0.29, 0.717) is 0 Å². The highest BCUT2D eigenvalue weighted by Gasteiger charge is 2.17. The van der Waals surface area contributed by atoms with Gasteiger partial charge in [-0.15, -0.1) is 0 Å². The van der Waals surface area contributed by atoms with Crippen LogP contribution in [0.2, 0.25) is 0 Å². The van der Waals surface area contributed by atoms with Gasteiger partial charge in [-0.25, -0.2) is 0 Å². The number of halogens is 1. The first-order valence-corrected chi connectivity index (χ1v) is 9.93. The molecule has 0 amide bonds. The van der Waals surface area contributed by atoms with E-state index in [-0.39, 0.29) is 0 Å². The van der Waals surface area contributed by atoms with Crippen molar-refractivity contribution >= 4 is 27.7 Å². The molecule has 0 bridgehead atoms. The molecule has 0 aromatic heterocycles. The van der Waals surface area contributed by atoms with Gasteiger partial charge in [-0.1, -0.05) is 55.0 Å². The Morgan fingerprint density at radius 3 is 2.39 bits per heavy atom. The van der Waals surface area contributed by atoms with E-state index in [9.17, 15) is 0 Å². The van der Waals surface area contributed by atoms with Crippen LogP contribution in [0.15, 0.2) is 0 Å². The molecule has 0 radical (unpaired) electrons. The van der Waals surface area contributed by atoms with Crippen molar-refractivity contribution in [1.29, 1.82) is 0 Å². The van der Waals surface area contributed by atoms with E-state index in [1.807, 2.05) is 0 Å². The average molecular weight is 336 g/mol. The number of alkyl halides is 1. The Labute approximate surface area is 127 Å². The molecular weight excluding hydrogens is 306 g/mol. The van der Waals surface area contributed by atoms with Crippen LogP contribution in [0.3, 0.4) is 0 Å². The van der Waals surface area contributed by atoms with Crippen LogP contribution in [0.5, 0.6) is 0 Å². The van der Waals surface area contributed by atoms with Gasteiger partial charge in [-0.3, -0.25) is 0 Å². The fourth-order valence-corrected chi connectivity index (χ4v) is 4.19. The quantitative estimate of drug-likeness (QED) is 0.411. The van der Waals surface area contributed by atoms with Crippen molar-refractivity contribution in [2.75, 3.05) is 30.7 Å². The third-order valence-corrected chi connectivity index (χ3v) is 5.72. The number of nitrogens with zero attached hydrogens (tertiary/aromatic N) is 1. The molecule has 0 aliphatic carbocycles. The van der Waals surface area contributed by atoms with Crippen LogP contribution in [0, 0.1) is 0 Å². The summed E-state index contributed by atoms with van der Waals surface area (Å²) in [6.07, 6.45) is 11.3. The zero-order valence-corrected chi connectivity index (χ0v) is 14.4. The predicted molar refractivity (Wildman–Crippen MR) is 89.1 cm³/mol. The Kier molecular flexibility index (Phi) is 10.9. The second-order valence-corrected chi connectivity index (χ2v) is 7.57. The molecular formula is C15H30BrNS. The van der Waals surface area contributed by atoms with E-state index in [4.69, 9.17) is 0 Å². The molecule has 0 aromatic rings. The standard InChI is InChI=1S/C15H30BrNS/c1-2-15-14-17(12-13-18-15)11-9-7-5-3-4-6-8-10-16/h15H,2-14H2,1H3. The maximum atomic E-state index is 3.49. The van der Waals surface area contributed by atoms with Crippen molar-refractivity contribution in [3.05, 3.63) is 0 Å². The van der Waals surface area contributed by atoms with E-state index in [0.717, 1.165) is 5.25 Å². The van der Waals surface area contributed by atoms with Gasteiger partial charge in [0.05, 0.1) is 0 Å². The zero-order valence-electron chi connectivity index (χ0n) is 12.0. The van der Waals surface area contributed by atoms with Gasteiger partial charge in [0.2, 0.25) is 0 Å². The lowest BCUT2D eigenvalue weighted by molar-refractivity contribution is 0.274. The molecule has 3 heteroatoms. The molecule has 1 saturated heterocycles. The minimum absolute atomic E-state index is 0.906. The van der Waals surface area contributed by atoms with Crippen LogP contribution in [0.4, 0.5) is 0 Å². The smallest absolute Gasteiger partial charge is 0.0172 e. The van der Waals surface area contributed by atoms with Gasteiger partial charge >= 0.3 is 0 Å². The van der Waals surface area contributed by atoms with Crippen molar-refractivity contribution in [3.63, 3.8) is 0 Å². The van der Waals surface area contributed by atoms with Crippen LogP contribution in [-0.4, -0.2) is 40.9 Å². The predicted octanol–water partition coefficient (Wildman–Crippen LogP) is 4.94. The first-order chi connectivity index (χ1) is 8.86. The maximum absolute atomic E-state index is 3.49. The molecule has 1 aliphatic rings. The molecule has 108 valence electrons. The summed E-state index contributed by atoms with van der Waals surface area (Å²) < 4.78 is 0. The third kappa shape index (κ3) is 8.06. The van der Waals surface area contributed by atoms with Crippen molar-refractivity contribution in [3.8, 4) is 0 Å². The van der Waals surface area contributed by atoms with Crippen molar-refractivity contribution in [2.45, 2.75) is 63.5 Å². The summed E-state index contributed by atoms with van der Waals surface area (Å²) in [5.41, 5.74) is 0. The lowest BCUT2D eigenvalue weighted by Crippen LogP contribution is -2.38. The Balaban J connectivity index is 1.88. The van der Waals surface area contributed by atoms with E-state index in [2.05, 4.69) is 39.5 Å². The summed E-state index contributed by atoms with van der Waals surface area (Å²) in [6.45, 7) is 6.34. The minimum atomic E-state index is 0.906. The van der Waals surface area contributed by atoms with Crippen molar-refractivity contribution in [1.82, 2.24) is 4.90 Å². The molecule has 0 N–H and O–H groups in total. The van der Waals surface area contributed by atoms with Gasteiger partial charge in [0.25, 0.3) is 0 Å². The normalized spacial score (nSPS) is 21.3. The fourth-order valence-electron chi connectivity index (χ4n) is 2.54. The number of thioether (sulfide) groups is 1. The lowest BCUT2D eigenvalue weighted by Gasteiger charge is -2.31. The van der Waals surface area contributed by atoms with Gasteiger partial charge in [0.15, 0.2) is 0 Å². The van der Waals surface area contributed by atoms with Gasteiger partial charge in [0.1, 0.15) is 0 Å². The molecule has 1 heterocycles. The third-order valence-electron chi connectivity index (χ3n) is 3.79. The van der Waals surface area contributed by atoms with Crippen LogP contribution in [-0.2, 0) is 0 Å². The number of unbranched alkanes of at least 4 members (excludes halogenated alkanes) is 6. The second kappa shape index (κ2) is 11.6. The highest BCUT2D eigenvalue weighted by Crippen LogP contribution is 2.21. The topological polar surface area (TPSA) is 3.24 Å². The molecule has 0 spiro atoms. The molecule has 18 heavy (non-hydrogen) atoms. The summed E-state index contributed by atoms with van der Waals surface area (Å²) in [7, 11) is 0. The number of hydrogen-bond acceptors (Lipinski definition) is 2. The van der Waals surface area contributed by atoms with E-state index in [1.165, 1.54) is 82.1 Å². The molecule has 1 aliphatic heterocycles. The number of hydrogen-bond donors (Lipinski definition) is 0. The monoisotopic (exact) mass is 335 g/mol. The van der Waals surface area contributed by atoms with Crippen LogP contribution >= 0.6 is 27.7 Å². The molecule has 1 nitrogen and oxygen atoms in total. The molecule has 1 fully saturated rings. The Morgan fingerprint density at radius 1 is 1.06 bits per heavy atom. The van der Waals surface area contributed by atoms with Crippen LogP contribution in [0.25, 0.3) is 0 Å². The largest absolute Gasteiger partial charge is 0.301 e.